The van der Waals surface area contributed by atoms with Crippen LogP contribution < -0.4 is 14.8 Å². The maximum Gasteiger partial charge on any atom is 0.341 e. The van der Waals surface area contributed by atoms with Gasteiger partial charge in [-0.05, 0) is 30.3 Å². The molecule has 0 radical (unpaired) electrons. The molecule has 7 nitrogen and oxygen atoms in total. The predicted molar refractivity (Wildman–Crippen MR) is 110 cm³/mol. The van der Waals surface area contributed by atoms with Gasteiger partial charge in [0.15, 0.2) is 6.61 Å². The second-order valence-corrected chi connectivity index (χ2v) is 6.79. The summed E-state index contributed by atoms with van der Waals surface area (Å²) in [6.45, 7) is 0.936. The number of nitrogens with one attached hydrogen (secondary N) is 1. The van der Waals surface area contributed by atoms with Crippen LogP contribution in [0, 0.1) is 0 Å². The molecule has 0 aliphatic rings. The third-order valence-electron chi connectivity index (χ3n) is 3.93. The van der Waals surface area contributed by atoms with Crippen molar-refractivity contribution in [2.75, 3.05) is 11.9 Å². The van der Waals surface area contributed by atoms with E-state index in [2.05, 4.69) is 10.3 Å². The number of carbonyl (C=O) groups is 2. The summed E-state index contributed by atoms with van der Waals surface area (Å²) < 4.78 is 11.2. The van der Waals surface area contributed by atoms with Gasteiger partial charge in [0.25, 0.3) is 0 Å². The number of fused-ring (bicyclic) bond motifs is 1. The zero-order chi connectivity index (χ0) is 21.0. The van der Waals surface area contributed by atoms with Crippen LogP contribution in [0.2, 0.25) is 10.0 Å². The molecular weight excluding hydrogens is 419 g/mol. The summed E-state index contributed by atoms with van der Waals surface area (Å²) >= 11 is 12.6. The zero-order valence-electron chi connectivity index (χ0n) is 15.2. The molecule has 0 spiro atoms. The molecule has 0 unspecified atom stereocenters. The first-order valence-corrected chi connectivity index (χ1v) is 9.22. The minimum atomic E-state index is -1.10. The lowest BCUT2D eigenvalue weighted by atomic mass is 10.1. The Balaban J connectivity index is 1.89. The first-order chi connectivity index (χ1) is 13.9. The van der Waals surface area contributed by atoms with Crippen molar-refractivity contribution in [3.8, 4) is 11.6 Å². The highest BCUT2D eigenvalue weighted by atomic mass is 35.5. The number of carboxylic acid groups (broad SMARTS) is 1. The van der Waals surface area contributed by atoms with Crippen LogP contribution in [0.3, 0.4) is 0 Å². The Labute approximate surface area is 176 Å². The lowest BCUT2D eigenvalue weighted by Gasteiger charge is -2.15. The van der Waals surface area contributed by atoms with Crippen molar-refractivity contribution < 1.29 is 24.2 Å². The lowest BCUT2D eigenvalue weighted by molar-refractivity contribution is -0.139. The summed E-state index contributed by atoms with van der Waals surface area (Å²) in [6.07, 6.45) is 1.50. The molecule has 0 fully saturated rings. The minimum Gasteiger partial charge on any atom is -0.488 e. The molecule has 3 aromatic rings. The molecule has 0 saturated carbocycles. The van der Waals surface area contributed by atoms with Crippen molar-refractivity contribution in [1.29, 1.82) is 0 Å². The van der Waals surface area contributed by atoms with Crippen LogP contribution in [-0.2, 0) is 16.2 Å². The van der Waals surface area contributed by atoms with Gasteiger partial charge >= 0.3 is 5.97 Å². The van der Waals surface area contributed by atoms with Crippen LogP contribution in [0.25, 0.3) is 10.8 Å². The van der Waals surface area contributed by atoms with Gasteiger partial charge in [0.1, 0.15) is 12.4 Å². The van der Waals surface area contributed by atoms with Gasteiger partial charge in [-0.1, -0.05) is 29.3 Å². The van der Waals surface area contributed by atoms with Crippen molar-refractivity contribution in [3.05, 3.63) is 58.2 Å². The van der Waals surface area contributed by atoms with Crippen molar-refractivity contribution in [3.63, 3.8) is 0 Å². The van der Waals surface area contributed by atoms with Crippen molar-refractivity contribution >= 4 is 51.5 Å². The van der Waals surface area contributed by atoms with E-state index in [-0.39, 0.29) is 18.4 Å². The van der Waals surface area contributed by atoms with Gasteiger partial charge in [-0.3, -0.25) is 4.79 Å². The predicted octanol–water partition coefficient (Wildman–Crippen LogP) is 4.54. The fourth-order valence-electron chi connectivity index (χ4n) is 2.69. The number of amides is 1. The van der Waals surface area contributed by atoms with E-state index in [1.807, 2.05) is 0 Å². The first kappa shape index (κ1) is 20.7. The van der Waals surface area contributed by atoms with E-state index in [1.165, 1.54) is 13.1 Å². The fourth-order valence-corrected chi connectivity index (χ4v) is 3.22. The van der Waals surface area contributed by atoms with Gasteiger partial charge in [0.2, 0.25) is 11.8 Å². The molecule has 2 N–H and O–H groups in total. The van der Waals surface area contributed by atoms with Crippen molar-refractivity contribution in [1.82, 2.24) is 4.98 Å². The topological polar surface area (TPSA) is 97.8 Å². The van der Waals surface area contributed by atoms with E-state index in [1.54, 1.807) is 36.4 Å². The van der Waals surface area contributed by atoms with Gasteiger partial charge in [-0.25, -0.2) is 9.78 Å². The highest BCUT2D eigenvalue weighted by molar-refractivity contribution is 6.38. The van der Waals surface area contributed by atoms with Crippen LogP contribution in [0.5, 0.6) is 11.6 Å². The third kappa shape index (κ3) is 4.88. The Kier molecular flexibility index (Phi) is 6.41. The molecule has 3 rings (SSSR count). The summed E-state index contributed by atoms with van der Waals surface area (Å²) in [7, 11) is 0. The van der Waals surface area contributed by atoms with Crippen LogP contribution in [0.1, 0.15) is 12.5 Å². The normalized spacial score (nSPS) is 10.6. The quantitative estimate of drug-likeness (QED) is 0.566. The van der Waals surface area contributed by atoms with E-state index in [9.17, 15) is 9.59 Å². The first-order valence-electron chi connectivity index (χ1n) is 8.46. The number of rotatable bonds is 7. The van der Waals surface area contributed by atoms with Gasteiger partial charge in [0.05, 0.1) is 10.7 Å². The molecule has 0 aliphatic carbocycles. The Morgan fingerprint density at radius 1 is 1.10 bits per heavy atom. The number of benzene rings is 2. The molecule has 1 amide bonds. The summed E-state index contributed by atoms with van der Waals surface area (Å²) in [6, 6.07) is 10.2. The number of halogens is 2. The average Bonchev–Trinajstić information content (AvgIpc) is 2.68. The van der Waals surface area contributed by atoms with Gasteiger partial charge in [0, 0.05) is 34.5 Å². The summed E-state index contributed by atoms with van der Waals surface area (Å²) in [5, 5.41) is 13.4. The maximum absolute atomic E-state index is 11.3. The summed E-state index contributed by atoms with van der Waals surface area (Å²) in [4.78, 5) is 26.2. The Hall–Kier alpha value is -3.03. The monoisotopic (exact) mass is 434 g/mol. The number of ether oxygens (including phenoxy) is 2. The van der Waals surface area contributed by atoms with Crippen LogP contribution in [-0.4, -0.2) is 28.6 Å². The Bertz CT molecular complexity index is 1090. The standard InChI is InChI=1S/C20H16Cl2N2O5/c1-11(25)24-16-6-5-15(21)14(19(16)22)9-28-17-4-2-3-13-12(17)7-8-23-20(13)29-10-18(26)27/h2-8H,9-10H2,1H3,(H,24,25)(H,26,27). The number of hydrogen-bond donors (Lipinski definition) is 2. The van der Waals surface area contributed by atoms with Gasteiger partial charge in [-0.15, -0.1) is 0 Å². The molecular formula is C20H16Cl2N2O5. The van der Waals surface area contributed by atoms with Crippen LogP contribution in [0.15, 0.2) is 42.6 Å². The zero-order valence-corrected chi connectivity index (χ0v) is 16.8. The molecule has 150 valence electrons. The number of hydrogen-bond acceptors (Lipinski definition) is 5. The molecule has 1 aromatic heterocycles. The van der Waals surface area contributed by atoms with Crippen LogP contribution in [0.4, 0.5) is 5.69 Å². The molecule has 0 atom stereocenters. The van der Waals surface area contributed by atoms with E-state index in [0.717, 1.165) is 0 Å². The molecule has 9 heteroatoms. The Morgan fingerprint density at radius 3 is 2.62 bits per heavy atom. The number of carboxylic acids is 1. The molecule has 2 aromatic carbocycles. The fraction of sp³-hybridized carbons (Fsp3) is 0.150. The number of carbonyl (C=O) groups excluding carboxylic acids is 1. The summed E-state index contributed by atoms with van der Waals surface area (Å²) in [5.74, 6) is -0.641. The van der Waals surface area contributed by atoms with E-state index in [4.69, 9.17) is 37.8 Å². The van der Waals surface area contributed by atoms with Crippen molar-refractivity contribution in [2.45, 2.75) is 13.5 Å². The second kappa shape index (κ2) is 8.98. The van der Waals surface area contributed by atoms with E-state index in [0.29, 0.717) is 37.8 Å². The third-order valence-corrected chi connectivity index (χ3v) is 4.72. The number of aliphatic carboxylic acids is 1. The van der Waals surface area contributed by atoms with Crippen LogP contribution >= 0.6 is 23.2 Å². The highest BCUT2D eigenvalue weighted by Crippen LogP contribution is 2.35. The van der Waals surface area contributed by atoms with Gasteiger partial charge in [-0.2, -0.15) is 0 Å². The second-order valence-electron chi connectivity index (χ2n) is 6.01. The Morgan fingerprint density at radius 2 is 1.90 bits per heavy atom. The molecule has 1 heterocycles. The van der Waals surface area contributed by atoms with E-state index < -0.39 is 12.6 Å². The largest absolute Gasteiger partial charge is 0.488 e. The number of anilines is 1. The van der Waals surface area contributed by atoms with Crippen molar-refractivity contribution in [2.24, 2.45) is 0 Å². The number of pyridine rings is 1. The van der Waals surface area contributed by atoms with Gasteiger partial charge < -0.3 is 19.9 Å². The lowest BCUT2D eigenvalue weighted by Crippen LogP contribution is -2.10. The summed E-state index contributed by atoms with van der Waals surface area (Å²) in [5.41, 5.74) is 0.960. The smallest absolute Gasteiger partial charge is 0.341 e. The minimum absolute atomic E-state index is 0.0534. The van der Waals surface area contributed by atoms with E-state index >= 15 is 0 Å². The number of nitrogens with zero attached hydrogens (tertiary/aromatic N) is 1. The molecule has 0 saturated heterocycles. The molecule has 29 heavy (non-hydrogen) atoms. The highest BCUT2D eigenvalue weighted by Gasteiger charge is 2.14. The molecule has 0 bridgehead atoms. The number of aromatic nitrogens is 1. The molecule has 0 aliphatic heterocycles. The maximum atomic E-state index is 11.3. The average molecular weight is 435 g/mol. The SMILES string of the molecule is CC(=O)Nc1ccc(Cl)c(COc2cccc3c(OCC(=O)O)nccc23)c1Cl.